The van der Waals surface area contributed by atoms with E-state index in [4.69, 9.17) is 11.6 Å². The van der Waals surface area contributed by atoms with Crippen LogP contribution in [0.2, 0.25) is 0 Å². The Morgan fingerprint density at radius 2 is 1.37 bits per heavy atom. The Bertz CT molecular complexity index is 1320. The fourth-order valence-electron chi connectivity index (χ4n) is 5.02. The molecule has 0 radical (unpaired) electrons. The highest BCUT2D eigenvalue weighted by molar-refractivity contribution is 5.85. The molecule has 0 fully saturated rings. The molecule has 0 unspecified atom stereocenters. The molecular weight excluding hydrogens is 426 g/mol. The molecule has 3 heteroatoms. The molecule has 0 amide bonds. The van der Waals surface area contributed by atoms with Crippen LogP contribution in [0.4, 0.5) is 5.69 Å². The number of benzene rings is 3. The highest BCUT2D eigenvalue weighted by Gasteiger charge is 2.22. The second-order valence-corrected chi connectivity index (χ2v) is 11.0. The number of rotatable bonds is 8. The van der Waals surface area contributed by atoms with E-state index >= 15 is 0 Å². The van der Waals surface area contributed by atoms with Gasteiger partial charge < -0.3 is 0 Å². The summed E-state index contributed by atoms with van der Waals surface area (Å²) < 4.78 is 2.37. The lowest BCUT2D eigenvalue weighted by Gasteiger charge is -2.22. The van der Waals surface area contributed by atoms with Gasteiger partial charge in [0.15, 0.2) is 5.69 Å². The van der Waals surface area contributed by atoms with Gasteiger partial charge in [0, 0.05) is 5.56 Å². The number of aromatic nitrogens is 2. The van der Waals surface area contributed by atoms with Crippen LogP contribution in [0.1, 0.15) is 58.2 Å². The summed E-state index contributed by atoms with van der Waals surface area (Å²) in [6.07, 6.45) is 2.88. The first-order valence-corrected chi connectivity index (χ1v) is 12.9. The van der Waals surface area contributed by atoms with Crippen molar-refractivity contribution in [1.29, 1.82) is 0 Å². The maximum atomic E-state index is 7.74. The summed E-state index contributed by atoms with van der Waals surface area (Å²) >= 11 is 0. The second-order valence-electron chi connectivity index (χ2n) is 11.0. The van der Waals surface area contributed by atoms with Crippen LogP contribution in [-0.2, 0) is 19.3 Å². The topological polar surface area (TPSA) is 22.2 Å². The minimum absolute atomic E-state index is 0.481. The van der Waals surface area contributed by atoms with E-state index in [0.29, 0.717) is 17.8 Å². The maximum Gasteiger partial charge on any atom is 0.187 e. The van der Waals surface area contributed by atoms with Gasteiger partial charge in [-0.3, -0.25) is 4.57 Å². The molecule has 0 aliphatic carbocycles. The highest BCUT2D eigenvalue weighted by atomic mass is 15.1. The first-order chi connectivity index (χ1) is 16.8. The molecule has 0 N–H and O–H groups in total. The van der Waals surface area contributed by atoms with E-state index in [2.05, 4.69) is 112 Å². The van der Waals surface area contributed by atoms with Gasteiger partial charge >= 0.3 is 0 Å². The molecule has 1 heterocycles. The molecule has 4 rings (SSSR count). The summed E-state index contributed by atoms with van der Waals surface area (Å²) in [6, 6.07) is 21.5. The molecule has 0 bridgehead atoms. The van der Waals surface area contributed by atoms with E-state index in [-0.39, 0.29) is 0 Å². The van der Waals surface area contributed by atoms with Crippen molar-refractivity contribution in [3.63, 3.8) is 0 Å². The van der Waals surface area contributed by atoms with Crippen LogP contribution in [0.25, 0.3) is 33.0 Å². The van der Waals surface area contributed by atoms with Gasteiger partial charge in [-0.25, -0.2) is 9.83 Å². The van der Waals surface area contributed by atoms with Gasteiger partial charge in [-0.05, 0) is 65.8 Å². The third-order valence-corrected chi connectivity index (χ3v) is 6.26. The predicted octanol–water partition coefficient (Wildman–Crippen LogP) is 8.84. The van der Waals surface area contributed by atoms with Crippen molar-refractivity contribution in [2.45, 2.75) is 60.8 Å². The van der Waals surface area contributed by atoms with E-state index in [1.54, 1.807) is 0 Å². The molecule has 1 aromatic heterocycles. The van der Waals surface area contributed by atoms with Gasteiger partial charge in [0.05, 0.1) is 23.3 Å². The van der Waals surface area contributed by atoms with Crippen LogP contribution in [0, 0.1) is 24.3 Å². The van der Waals surface area contributed by atoms with Crippen molar-refractivity contribution in [3.8, 4) is 17.1 Å². The Morgan fingerprint density at radius 1 is 0.771 bits per heavy atom. The summed E-state index contributed by atoms with van der Waals surface area (Å²) in [5.41, 5.74) is 8.98. The fraction of sp³-hybridized carbons (Fsp3) is 0.375. The largest absolute Gasteiger partial charge is 0.292 e. The van der Waals surface area contributed by atoms with Crippen LogP contribution in [-0.4, -0.2) is 9.55 Å². The van der Waals surface area contributed by atoms with Gasteiger partial charge in [-0.2, -0.15) is 0 Å². The second kappa shape index (κ2) is 10.5. The van der Waals surface area contributed by atoms with Crippen molar-refractivity contribution in [3.05, 3.63) is 88.8 Å². The van der Waals surface area contributed by atoms with E-state index in [1.807, 2.05) is 0 Å². The quantitative estimate of drug-likeness (QED) is 0.239. The monoisotopic (exact) mass is 463 g/mol. The molecule has 0 aliphatic rings. The molecule has 3 aromatic carbocycles. The first-order valence-electron chi connectivity index (χ1n) is 12.9. The molecule has 0 saturated heterocycles. The third kappa shape index (κ3) is 5.49. The van der Waals surface area contributed by atoms with Crippen LogP contribution in [0.3, 0.4) is 0 Å². The Labute approximate surface area is 210 Å². The number of fused-ring (bicyclic) bond motifs is 1. The minimum atomic E-state index is 0.481. The summed E-state index contributed by atoms with van der Waals surface area (Å²) in [5.74, 6) is 2.52. The van der Waals surface area contributed by atoms with Gasteiger partial charge in [0.1, 0.15) is 5.82 Å². The smallest absolute Gasteiger partial charge is 0.187 e. The number of hydrogen-bond donors (Lipinski definition) is 0. The molecule has 180 valence electrons. The number of imidazole rings is 1. The zero-order valence-corrected chi connectivity index (χ0v) is 22.0. The fourth-order valence-corrected chi connectivity index (χ4v) is 5.02. The van der Waals surface area contributed by atoms with Gasteiger partial charge in [-0.15, -0.1) is 0 Å². The van der Waals surface area contributed by atoms with Gasteiger partial charge in [0.2, 0.25) is 0 Å². The van der Waals surface area contributed by atoms with E-state index in [0.717, 1.165) is 47.4 Å². The van der Waals surface area contributed by atoms with Crippen LogP contribution >= 0.6 is 0 Å². The SMILES string of the molecule is [C-]#[N+]c1cc(CC(C)C)c(-n2c(-c3ccccc3)nc3cc(CC(C)C)ccc32)c(CC(C)C)c1. The lowest BCUT2D eigenvalue weighted by Crippen LogP contribution is -2.10. The molecular formula is C32H37N3. The summed E-state index contributed by atoms with van der Waals surface area (Å²) in [4.78, 5) is 9.05. The lowest BCUT2D eigenvalue weighted by molar-refractivity contribution is 0.632. The highest BCUT2D eigenvalue weighted by Crippen LogP contribution is 2.36. The zero-order valence-electron chi connectivity index (χ0n) is 22.0. The van der Waals surface area contributed by atoms with Crippen LogP contribution in [0.5, 0.6) is 0 Å². The molecule has 0 atom stereocenters. The van der Waals surface area contributed by atoms with Crippen molar-refractivity contribution >= 4 is 16.7 Å². The van der Waals surface area contributed by atoms with Gasteiger partial charge in [0.25, 0.3) is 0 Å². The Hall–Kier alpha value is -3.38. The molecule has 0 saturated carbocycles. The maximum absolute atomic E-state index is 7.74. The average molecular weight is 464 g/mol. The summed E-state index contributed by atoms with van der Waals surface area (Å²) in [7, 11) is 0. The Balaban J connectivity index is 2.08. The average Bonchev–Trinajstić information content (AvgIpc) is 3.16. The van der Waals surface area contributed by atoms with Crippen molar-refractivity contribution in [2.75, 3.05) is 0 Å². The van der Waals surface area contributed by atoms with E-state index < -0.39 is 0 Å². The Morgan fingerprint density at radius 3 is 1.91 bits per heavy atom. The van der Waals surface area contributed by atoms with E-state index in [1.165, 1.54) is 22.4 Å². The van der Waals surface area contributed by atoms with Crippen molar-refractivity contribution in [1.82, 2.24) is 9.55 Å². The molecule has 0 spiro atoms. The summed E-state index contributed by atoms with van der Waals surface area (Å²) in [5, 5.41) is 0. The van der Waals surface area contributed by atoms with Crippen molar-refractivity contribution in [2.24, 2.45) is 17.8 Å². The van der Waals surface area contributed by atoms with Gasteiger partial charge in [-0.1, -0.05) is 90.1 Å². The zero-order chi connectivity index (χ0) is 25.1. The molecule has 35 heavy (non-hydrogen) atoms. The normalized spacial score (nSPS) is 11.7. The Kier molecular flexibility index (Phi) is 7.41. The predicted molar refractivity (Wildman–Crippen MR) is 148 cm³/mol. The van der Waals surface area contributed by atoms with Crippen LogP contribution in [0.15, 0.2) is 60.7 Å². The molecule has 0 aliphatic heterocycles. The van der Waals surface area contributed by atoms with E-state index in [9.17, 15) is 0 Å². The molecule has 4 aromatic rings. The minimum Gasteiger partial charge on any atom is -0.292 e. The van der Waals surface area contributed by atoms with Crippen LogP contribution < -0.4 is 0 Å². The summed E-state index contributed by atoms with van der Waals surface area (Å²) in [6.45, 7) is 21.3. The lowest BCUT2D eigenvalue weighted by atomic mass is 9.93. The standard InChI is InChI=1S/C32H37N3/c1-21(2)15-24-13-14-30-29(18-24)34-32(25-11-9-8-10-12-25)35(30)31-26(16-22(3)4)19-28(33-7)20-27(31)17-23(5)6/h8-14,18-23H,15-17H2,1-6H3. The third-order valence-electron chi connectivity index (χ3n) is 6.26. The number of nitrogens with zero attached hydrogens (tertiary/aromatic N) is 3. The first kappa shape index (κ1) is 24.7. The number of hydrogen-bond acceptors (Lipinski definition) is 1. The van der Waals surface area contributed by atoms with Crippen molar-refractivity contribution < 1.29 is 0 Å². The molecule has 3 nitrogen and oxygen atoms in total.